The third kappa shape index (κ3) is 2.63. The monoisotopic (exact) mass is 348 g/mol. The van der Waals surface area contributed by atoms with Gasteiger partial charge in [0, 0.05) is 35.6 Å². The molecule has 4 nitrogen and oxygen atoms in total. The summed E-state index contributed by atoms with van der Waals surface area (Å²) in [5.41, 5.74) is 11.7. The Morgan fingerprint density at radius 3 is 2.64 bits per heavy atom. The highest BCUT2D eigenvalue weighted by molar-refractivity contribution is 8.00. The van der Waals surface area contributed by atoms with Crippen molar-refractivity contribution in [1.29, 1.82) is 5.26 Å². The van der Waals surface area contributed by atoms with E-state index in [1.165, 1.54) is 17.9 Å². The molecule has 126 valence electrons. The van der Waals surface area contributed by atoms with E-state index in [0.717, 1.165) is 46.5 Å². The number of rotatable bonds is 3. The van der Waals surface area contributed by atoms with Gasteiger partial charge in [0.2, 0.25) is 0 Å². The average Bonchev–Trinajstić information content (AvgIpc) is 3.27. The summed E-state index contributed by atoms with van der Waals surface area (Å²) >= 11 is 1.88. The zero-order valence-corrected chi connectivity index (χ0v) is 15.0. The number of nitrogens with zero attached hydrogens (tertiary/aromatic N) is 3. The highest BCUT2D eigenvalue weighted by Gasteiger charge is 2.19. The minimum Gasteiger partial charge on any atom is -0.399 e. The van der Waals surface area contributed by atoms with Crippen LogP contribution >= 0.6 is 11.9 Å². The summed E-state index contributed by atoms with van der Waals surface area (Å²) in [5, 5.41) is 10.7. The van der Waals surface area contributed by atoms with Crippen LogP contribution in [0.1, 0.15) is 18.9 Å². The molecular weight excluding hydrogens is 328 g/mol. The van der Waals surface area contributed by atoms with E-state index in [4.69, 9.17) is 5.73 Å². The second-order valence-electron chi connectivity index (χ2n) is 6.19. The lowest BCUT2D eigenvalue weighted by Crippen LogP contribution is -2.08. The van der Waals surface area contributed by atoms with Gasteiger partial charge < -0.3 is 14.6 Å². The van der Waals surface area contributed by atoms with E-state index in [-0.39, 0.29) is 0 Å². The number of hydrogen-bond acceptors (Lipinski definition) is 4. The molecular formula is C20H20N4S. The van der Waals surface area contributed by atoms with Crippen molar-refractivity contribution >= 4 is 34.2 Å². The van der Waals surface area contributed by atoms with E-state index >= 15 is 0 Å². The van der Waals surface area contributed by atoms with Crippen molar-refractivity contribution in [2.75, 3.05) is 22.3 Å². The lowest BCUT2D eigenvalue weighted by Gasteiger charge is -2.16. The van der Waals surface area contributed by atoms with Gasteiger partial charge in [-0.05, 0) is 61.2 Å². The summed E-state index contributed by atoms with van der Waals surface area (Å²) in [6.45, 7) is 3.99. The van der Waals surface area contributed by atoms with E-state index < -0.39 is 0 Å². The number of anilines is 2. The third-order valence-corrected chi connectivity index (χ3v) is 5.87. The Morgan fingerprint density at radius 2 is 2.00 bits per heavy atom. The SMILES string of the molecule is CCn1c(-c2ccc(N3CCCS3)cc2)c(C#N)c2ccc(N)cc21. The van der Waals surface area contributed by atoms with Crippen LogP contribution in [0.2, 0.25) is 0 Å². The first-order valence-electron chi connectivity index (χ1n) is 8.55. The zero-order valence-electron chi connectivity index (χ0n) is 14.2. The summed E-state index contributed by atoms with van der Waals surface area (Å²) in [7, 11) is 0. The number of benzene rings is 2. The first-order valence-corrected chi connectivity index (χ1v) is 9.50. The molecule has 25 heavy (non-hydrogen) atoms. The molecule has 1 fully saturated rings. The minimum absolute atomic E-state index is 0.720. The van der Waals surface area contributed by atoms with Crippen molar-refractivity contribution in [3.63, 3.8) is 0 Å². The maximum atomic E-state index is 9.78. The van der Waals surface area contributed by atoms with E-state index in [9.17, 15) is 5.26 Å². The van der Waals surface area contributed by atoms with Gasteiger partial charge in [-0.25, -0.2) is 0 Å². The highest BCUT2D eigenvalue weighted by atomic mass is 32.2. The molecule has 5 heteroatoms. The maximum Gasteiger partial charge on any atom is 0.102 e. The molecule has 3 aromatic rings. The first kappa shape index (κ1) is 15.9. The standard InChI is InChI=1S/C20H20N4S/c1-2-23-19-12-15(22)6-9-17(19)18(13-21)20(23)14-4-7-16(8-5-14)24-10-3-11-25-24/h4-9,12H,2-3,10-11,22H2,1H3. The number of nitrogen functional groups attached to an aromatic ring is 1. The molecule has 0 radical (unpaired) electrons. The van der Waals surface area contributed by atoms with E-state index in [1.807, 2.05) is 30.1 Å². The fourth-order valence-corrected chi connectivity index (χ4v) is 4.55. The lowest BCUT2D eigenvalue weighted by atomic mass is 10.1. The Labute approximate surface area is 152 Å². The predicted molar refractivity (Wildman–Crippen MR) is 107 cm³/mol. The molecule has 0 spiro atoms. The van der Waals surface area contributed by atoms with Crippen LogP contribution in [0.4, 0.5) is 11.4 Å². The van der Waals surface area contributed by atoms with Gasteiger partial charge in [0.25, 0.3) is 0 Å². The molecule has 4 rings (SSSR count). The highest BCUT2D eigenvalue weighted by Crippen LogP contribution is 2.36. The van der Waals surface area contributed by atoms with Crippen LogP contribution in [-0.2, 0) is 6.54 Å². The summed E-state index contributed by atoms with van der Waals surface area (Å²) in [4.78, 5) is 0. The van der Waals surface area contributed by atoms with Crippen molar-refractivity contribution in [2.45, 2.75) is 19.9 Å². The van der Waals surface area contributed by atoms with Crippen LogP contribution in [0.3, 0.4) is 0 Å². The summed E-state index contributed by atoms with van der Waals surface area (Å²) in [5.74, 6) is 1.19. The number of aryl methyl sites for hydroxylation is 1. The number of fused-ring (bicyclic) bond motifs is 1. The molecule has 2 aromatic carbocycles. The van der Waals surface area contributed by atoms with Crippen LogP contribution in [0.15, 0.2) is 42.5 Å². The number of hydrogen-bond donors (Lipinski definition) is 1. The molecule has 2 N–H and O–H groups in total. The quantitative estimate of drug-likeness (QED) is 0.553. The Hall–Kier alpha value is -2.58. The van der Waals surface area contributed by atoms with Gasteiger partial charge in [0.15, 0.2) is 0 Å². The minimum atomic E-state index is 0.720. The van der Waals surface area contributed by atoms with Crippen LogP contribution in [0.5, 0.6) is 0 Å². The summed E-state index contributed by atoms with van der Waals surface area (Å²) < 4.78 is 4.52. The van der Waals surface area contributed by atoms with Gasteiger partial charge in [-0.2, -0.15) is 5.26 Å². The molecule has 0 atom stereocenters. The van der Waals surface area contributed by atoms with Crippen LogP contribution in [-0.4, -0.2) is 16.9 Å². The molecule has 1 saturated heterocycles. The molecule has 0 aliphatic carbocycles. The normalized spacial score (nSPS) is 14.2. The van der Waals surface area contributed by atoms with Crippen molar-refractivity contribution in [2.24, 2.45) is 0 Å². The smallest absolute Gasteiger partial charge is 0.102 e. The van der Waals surface area contributed by atoms with Gasteiger partial charge in [-0.3, -0.25) is 0 Å². The largest absolute Gasteiger partial charge is 0.399 e. The molecule has 0 saturated carbocycles. The fraction of sp³-hybridized carbons (Fsp3) is 0.250. The van der Waals surface area contributed by atoms with Crippen LogP contribution in [0.25, 0.3) is 22.2 Å². The van der Waals surface area contributed by atoms with Crippen LogP contribution < -0.4 is 10.0 Å². The molecule has 0 unspecified atom stereocenters. The van der Waals surface area contributed by atoms with Gasteiger partial charge in [0.05, 0.1) is 16.8 Å². The predicted octanol–water partition coefficient (Wildman–Crippen LogP) is 4.64. The van der Waals surface area contributed by atoms with Crippen molar-refractivity contribution in [1.82, 2.24) is 4.57 Å². The molecule has 1 aliphatic heterocycles. The maximum absolute atomic E-state index is 9.78. The van der Waals surface area contributed by atoms with E-state index in [1.54, 1.807) is 0 Å². The summed E-state index contributed by atoms with van der Waals surface area (Å²) in [6, 6.07) is 16.7. The Kier molecular flexibility index (Phi) is 4.06. The second kappa shape index (κ2) is 6.38. The molecule has 1 aromatic heterocycles. The first-order chi connectivity index (χ1) is 12.2. The van der Waals surface area contributed by atoms with Gasteiger partial charge in [-0.15, -0.1) is 0 Å². The molecule has 2 heterocycles. The molecule has 1 aliphatic rings. The van der Waals surface area contributed by atoms with E-state index in [0.29, 0.717) is 0 Å². The summed E-state index contributed by atoms with van der Waals surface area (Å²) in [6.07, 6.45) is 1.23. The van der Waals surface area contributed by atoms with Crippen LogP contribution in [0, 0.1) is 11.3 Å². The van der Waals surface area contributed by atoms with Gasteiger partial charge >= 0.3 is 0 Å². The van der Waals surface area contributed by atoms with E-state index in [2.05, 4.69) is 46.1 Å². The number of nitrogens with two attached hydrogens (primary N) is 1. The average molecular weight is 348 g/mol. The van der Waals surface area contributed by atoms with Gasteiger partial charge in [-0.1, -0.05) is 12.1 Å². The molecule has 0 amide bonds. The van der Waals surface area contributed by atoms with Crippen molar-refractivity contribution in [3.05, 3.63) is 48.0 Å². The Bertz CT molecular complexity index is 960. The number of aromatic nitrogens is 1. The molecule has 0 bridgehead atoms. The lowest BCUT2D eigenvalue weighted by molar-refractivity contribution is 0.805. The zero-order chi connectivity index (χ0) is 17.4. The fourth-order valence-electron chi connectivity index (χ4n) is 3.54. The second-order valence-corrected chi connectivity index (χ2v) is 7.30. The Balaban J connectivity index is 1.86. The number of nitriles is 1. The van der Waals surface area contributed by atoms with Gasteiger partial charge in [0.1, 0.15) is 6.07 Å². The topological polar surface area (TPSA) is 58.0 Å². The third-order valence-electron chi connectivity index (χ3n) is 4.70. The Morgan fingerprint density at radius 1 is 1.20 bits per heavy atom. The van der Waals surface area contributed by atoms with Crippen molar-refractivity contribution in [3.8, 4) is 17.3 Å². The van der Waals surface area contributed by atoms with Crippen molar-refractivity contribution < 1.29 is 0 Å².